The minimum atomic E-state index is -0.508. The van der Waals surface area contributed by atoms with Gasteiger partial charge in [0, 0.05) is 48.5 Å². The lowest BCUT2D eigenvalue weighted by atomic mass is 9.79. The Morgan fingerprint density at radius 1 is 0.762 bits per heavy atom. The zero-order chi connectivity index (χ0) is 29.7. The number of ketones is 1. The molecule has 0 spiro atoms. The fraction of sp³-hybridized carbons (Fsp3) is 0.242. The van der Waals surface area contributed by atoms with Crippen molar-refractivity contribution in [2.45, 2.75) is 35.0 Å². The summed E-state index contributed by atoms with van der Waals surface area (Å²) < 4.78 is 11.7. The minimum absolute atomic E-state index is 0.0466. The molecule has 0 amide bonds. The highest BCUT2D eigenvalue weighted by Crippen LogP contribution is 2.34. The lowest BCUT2D eigenvalue weighted by Gasteiger charge is -2.24. The Bertz CT molecular complexity index is 1400. The first-order chi connectivity index (χ1) is 20.5. The van der Waals surface area contributed by atoms with Crippen LogP contribution in [0.25, 0.3) is 0 Å². The fourth-order valence-electron chi connectivity index (χ4n) is 4.56. The van der Waals surface area contributed by atoms with Crippen molar-refractivity contribution in [3.8, 4) is 11.5 Å². The number of rotatable bonds is 16. The van der Waals surface area contributed by atoms with Gasteiger partial charge in [-0.3, -0.25) is 4.79 Å². The number of carbonyl (C=O) groups excluding carboxylic acids is 1. The predicted octanol–water partition coefficient (Wildman–Crippen LogP) is 6.76. The first kappa shape index (κ1) is 31.0. The van der Waals surface area contributed by atoms with Crippen LogP contribution in [0.1, 0.15) is 34.4 Å². The van der Waals surface area contributed by atoms with E-state index in [2.05, 4.69) is 23.1 Å². The second-order valence-electron chi connectivity index (χ2n) is 9.33. The van der Waals surface area contributed by atoms with Gasteiger partial charge in [0.15, 0.2) is 10.3 Å². The van der Waals surface area contributed by atoms with Crippen LogP contribution >= 0.6 is 23.5 Å². The molecule has 0 saturated heterocycles. The lowest BCUT2D eigenvalue weighted by molar-refractivity contribution is -0.122. The van der Waals surface area contributed by atoms with E-state index >= 15 is 0 Å². The normalized spacial score (nSPS) is 12.2. The van der Waals surface area contributed by atoms with Crippen LogP contribution in [0, 0.1) is 0 Å². The zero-order valence-corrected chi connectivity index (χ0v) is 25.4. The Morgan fingerprint density at radius 2 is 1.21 bits per heavy atom. The molecule has 0 aliphatic rings. The molecule has 0 bridgehead atoms. The first-order valence-electron chi connectivity index (χ1n) is 13.5. The molecule has 0 N–H and O–H groups in total. The summed E-state index contributed by atoms with van der Waals surface area (Å²) in [6.07, 6.45) is 11.6. The summed E-state index contributed by atoms with van der Waals surface area (Å²) in [5, 5.41) is 1.33. The number of carbonyl (C=O) groups is 1. The quantitative estimate of drug-likeness (QED) is 0.0788. The molecular weight excluding hydrogens is 565 g/mol. The zero-order valence-electron chi connectivity index (χ0n) is 23.8. The van der Waals surface area contributed by atoms with E-state index in [9.17, 15) is 4.79 Å². The van der Waals surface area contributed by atoms with Crippen LogP contribution < -0.4 is 9.47 Å². The smallest absolute Gasteiger partial charge is 0.187 e. The van der Waals surface area contributed by atoms with Gasteiger partial charge in [-0.2, -0.15) is 0 Å². The van der Waals surface area contributed by atoms with Crippen LogP contribution in [0.3, 0.4) is 0 Å². The van der Waals surface area contributed by atoms with Gasteiger partial charge < -0.3 is 9.47 Å². The van der Waals surface area contributed by atoms with Gasteiger partial charge in [0.2, 0.25) is 0 Å². The molecule has 42 heavy (non-hydrogen) atoms. The molecule has 4 aromatic rings. The molecule has 2 atom stereocenters. The number of thioether (sulfide) groups is 2. The first-order valence-corrected chi connectivity index (χ1v) is 15.9. The highest BCUT2D eigenvalue weighted by Gasteiger charge is 2.31. The molecule has 2 heterocycles. The van der Waals surface area contributed by atoms with Crippen molar-refractivity contribution < 1.29 is 14.3 Å². The van der Waals surface area contributed by atoms with E-state index in [1.165, 1.54) is 23.5 Å². The summed E-state index contributed by atoms with van der Waals surface area (Å²) in [6.45, 7) is 8.23. The van der Waals surface area contributed by atoms with Crippen LogP contribution in [0.5, 0.6) is 11.5 Å². The van der Waals surface area contributed by atoms with Gasteiger partial charge in [0.05, 0.1) is 0 Å². The molecule has 2 aromatic carbocycles. The fourth-order valence-corrected chi connectivity index (χ4v) is 5.30. The van der Waals surface area contributed by atoms with Crippen LogP contribution in [-0.2, 0) is 17.6 Å². The van der Waals surface area contributed by atoms with Crippen molar-refractivity contribution >= 4 is 29.3 Å². The van der Waals surface area contributed by atoms with E-state index < -0.39 is 11.8 Å². The van der Waals surface area contributed by atoms with Gasteiger partial charge in [0.1, 0.15) is 30.5 Å². The Labute approximate surface area is 255 Å². The monoisotopic (exact) mass is 598 g/mol. The van der Waals surface area contributed by atoms with Crippen LogP contribution in [0.2, 0.25) is 0 Å². The molecule has 9 heteroatoms. The van der Waals surface area contributed by atoms with E-state index in [0.717, 1.165) is 22.5 Å². The third-order valence-electron chi connectivity index (χ3n) is 6.52. The number of Topliss-reactive ketones (excluding diaryl/α,β-unsaturated/α-hetero) is 1. The summed E-state index contributed by atoms with van der Waals surface area (Å²) in [4.78, 5) is 32.8. The molecule has 0 radical (unpaired) electrons. The third-order valence-corrected chi connectivity index (χ3v) is 7.64. The SMILES string of the molecule is C=CCOc1cccc(C(Cc2ccnc(SC)n2)C(=O)C(Cc2ccnc(SC)n2)c2cccc(OCC=C)c2)c1. The number of hydrogen-bond donors (Lipinski definition) is 0. The summed E-state index contributed by atoms with van der Waals surface area (Å²) in [6, 6.07) is 19.1. The van der Waals surface area contributed by atoms with Crippen LogP contribution in [0.15, 0.2) is 109 Å². The van der Waals surface area contributed by atoms with Gasteiger partial charge >= 0.3 is 0 Å². The van der Waals surface area contributed by atoms with E-state index in [4.69, 9.17) is 19.4 Å². The summed E-state index contributed by atoms with van der Waals surface area (Å²) >= 11 is 2.94. The van der Waals surface area contributed by atoms with E-state index in [1.54, 1.807) is 24.5 Å². The van der Waals surface area contributed by atoms with Gasteiger partial charge in [-0.05, 0) is 60.0 Å². The highest BCUT2D eigenvalue weighted by molar-refractivity contribution is 7.98. The Kier molecular flexibility index (Phi) is 11.7. The average Bonchev–Trinajstić information content (AvgIpc) is 3.04. The number of hydrogen-bond acceptors (Lipinski definition) is 9. The van der Waals surface area contributed by atoms with Crippen molar-refractivity contribution in [1.82, 2.24) is 19.9 Å². The van der Waals surface area contributed by atoms with Crippen LogP contribution in [0.4, 0.5) is 0 Å². The molecule has 0 fully saturated rings. The Hall–Kier alpha value is -3.95. The number of nitrogens with zero attached hydrogens (tertiary/aromatic N) is 4. The van der Waals surface area contributed by atoms with Crippen LogP contribution in [-0.4, -0.2) is 51.4 Å². The molecule has 7 nitrogen and oxygen atoms in total. The van der Waals surface area contributed by atoms with Crippen molar-refractivity contribution in [2.24, 2.45) is 0 Å². The Balaban J connectivity index is 1.79. The molecule has 216 valence electrons. The maximum absolute atomic E-state index is 14.8. The molecule has 0 aliphatic heterocycles. The molecular formula is C33H34N4O3S2. The van der Waals surface area contributed by atoms with Crippen molar-refractivity contribution in [1.29, 1.82) is 0 Å². The predicted molar refractivity (Wildman–Crippen MR) is 170 cm³/mol. The van der Waals surface area contributed by atoms with Gasteiger partial charge in [-0.1, -0.05) is 73.1 Å². The van der Waals surface area contributed by atoms with Crippen molar-refractivity contribution in [3.05, 3.63) is 121 Å². The average molecular weight is 599 g/mol. The highest BCUT2D eigenvalue weighted by atomic mass is 32.2. The Morgan fingerprint density at radius 3 is 1.62 bits per heavy atom. The maximum Gasteiger partial charge on any atom is 0.187 e. The second-order valence-corrected chi connectivity index (χ2v) is 10.9. The molecule has 0 aliphatic carbocycles. The van der Waals surface area contributed by atoms with Gasteiger partial charge in [-0.25, -0.2) is 19.9 Å². The topological polar surface area (TPSA) is 87.1 Å². The number of aromatic nitrogens is 4. The molecule has 0 saturated carbocycles. The largest absolute Gasteiger partial charge is 0.490 e. The third kappa shape index (κ3) is 8.53. The molecule has 2 unspecified atom stereocenters. The standard InChI is InChI=1S/C33H34N4O3S2/c1-5-17-39-27-11-7-9-23(19-27)29(21-25-13-15-34-32(36-25)41-3)31(38)30(22-26-14-16-35-33(37-26)42-4)24-10-8-12-28(20-24)40-18-6-2/h5-16,19-20,29-30H,1-2,17-18,21-22H2,3-4H3. The van der Waals surface area contributed by atoms with Gasteiger partial charge in [0.25, 0.3) is 0 Å². The minimum Gasteiger partial charge on any atom is -0.490 e. The summed E-state index contributed by atoms with van der Waals surface area (Å²) in [7, 11) is 0. The summed E-state index contributed by atoms with van der Waals surface area (Å²) in [5.41, 5.74) is 3.28. The lowest BCUT2D eigenvalue weighted by Crippen LogP contribution is -2.25. The maximum atomic E-state index is 14.8. The molecule has 4 rings (SSSR count). The number of benzene rings is 2. The number of ether oxygens (including phenoxy) is 2. The second kappa shape index (κ2) is 15.9. The summed E-state index contributed by atoms with van der Waals surface area (Å²) in [5.74, 6) is 0.382. The molecule has 2 aromatic heterocycles. The van der Waals surface area contributed by atoms with Gasteiger partial charge in [-0.15, -0.1) is 0 Å². The van der Waals surface area contributed by atoms with E-state index in [-0.39, 0.29) is 5.78 Å². The van der Waals surface area contributed by atoms with Crippen molar-refractivity contribution in [3.63, 3.8) is 0 Å². The van der Waals surface area contributed by atoms with E-state index in [1.807, 2.05) is 73.2 Å². The van der Waals surface area contributed by atoms with E-state index in [0.29, 0.717) is 47.9 Å². The van der Waals surface area contributed by atoms with Crippen molar-refractivity contribution in [2.75, 3.05) is 25.7 Å².